The zero-order valence-corrected chi connectivity index (χ0v) is 6.28. The highest BCUT2D eigenvalue weighted by atomic mass is 16.5. The van der Waals surface area contributed by atoms with Gasteiger partial charge in [-0.05, 0) is 12.5 Å². The predicted molar refractivity (Wildman–Crippen MR) is 41.6 cm³/mol. The van der Waals surface area contributed by atoms with Gasteiger partial charge in [0, 0.05) is 0 Å². The molecule has 0 saturated heterocycles. The number of carbonyl (C=O) groups excluding carboxylic acids is 1. The first-order valence-electron chi connectivity index (χ1n) is 3.42. The van der Waals surface area contributed by atoms with Crippen LogP contribution in [0.2, 0.25) is 0 Å². The van der Waals surface area contributed by atoms with Gasteiger partial charge in [0.15, 0.2) is 0 Å². The van der Waals surface area contributed by atoms with E-state index in [0.29, 0.717) is 0 Å². The molecule has 1 unspecified atom stereocenters. The standard InChI is InChI=1S/C9H9O2/c1-8(11-7-10)9-5-3-2-4-6-9/h2-6,8H,1H3. The Morgan fingerprint density at radius 1 is 1.36 bits per heavy atom. The Morgan fingerprint density at radius 3 is 2.55 bits per heavy atom. The van der Waals surface area contributed by atoms with Crippen LogP contribution in [0.4, 0.5) is 0 Å². The minimum atomic E-state index is -0.200. The SMILES string of the molecule is CC(O[C]=O)c1ccccc1. The van der Waals surface area contributed by atoms with E-state index >= 15 is 0 Å². The molecular formula is C9H9O2. The zero-order chi connectivity index (χ0) is 8.10. The van der Waals surface area contributed by atoms with Gasteiger partial charge in [-0.25, -0.2) is 4.79 Å². The molecule has 57 valence electrons. The summed E-state index contributed by atoms with van der Waals surface area (Å²) in [6.07, 6.45) is -0.200. The minimum Gasteiger partial charge on any atom is -0.449 e. The van der Waals surface area contributed by atoms with E-state index in [0.717, 1.165) is 5.56 Å². The van der Waals surface area contributed by atoms with E-state index in [2.05, 4.69) is 4.74 Å². The largest absolute Gasteiger partial charge is 0.449 e. The predicted octanol–water partition coefficient (Wildman–Crippen LogP) is 1.83. The van der Waals surface area contributed by atoms with Crippen molar-refractivity contribution in [2.75, 3.05) is 0 Å². The molecule has 0 bridgehead atoms. The molecule has 0 N–H and O–H groups in total. The van der Waals surface area contributed by atoms with Crippen LogP contribution in [-0.2, 0) is 9.53 Å². The quantitative estimate of drug-likeness (QED) is 0.655. The van der Waals surface area contributed by atoms with Crippen LogP contribution in [-0.4, -0.2) is 6.47 Å². The third-order valence-electron chi connectivity index (χ3n) is 1.49. The van der Waals surface area contributed by atoms with Crippen molar-refractivity contribution < 1.29 is 9.53 Å². The lowest BCUT2D eigenvalue weighted by atomic mass is 10.1. The van der Waals surface area contributed by atoms with Crippen LogP contribution in [0, 0.1) is 0 Å². The Bertz CT molecular complexity index is 218. The average Bonchev–Trinajstić information content (AvgIpc) is 2.07. The highest BCUT2D eigenvalue weighted by molar-refractivity contribution is 5.39. The van der Waals surface area contributed by atoms with Gasteiger partial charge in [0.2, 0.25) is 0 Å². The minimum absolute atomic E-state index is 0.200. The number of rotatable bonds is 3. The summed E-state index contributed by atoms with van der Waals surface area (Å²) in [6, 6.07) is 9.53. The summed E-state index contributed by atoms with van der Waals surface area (Å²) in [5.41, 5.74) is 0.982. The summed E-state index contributed by atoms with van der Waals surface area (Å²) in [5.74, 6) is 0. The van der Waals surface area contributed by atoms with Crippen LogP contribution in [0.1, 0.15) is 18.6 Å². The van der Waals surface area contributed by atoms with Crippen LogP contribution < -0.4 is 0 Å². The highest BCUT2D eigenvalue weighted by Crippen LogP contribution is 2.13. The van der Waals surface area contributed by atoms with Gasteiger partial charge in [-0.2, -0.15) is 0 Å². The van der Waals surface area contributed by atoms with Gasteiger partial charge in [0.05, 0.1) is 0 Å². The number of hydrogen-bond donors (Lipinski definition) is 0. The molecule has 0 aliphatic heterocycles. The van der Waals surface area contributed by atoms with Gasteiger partial charge >= 0.3 is 6.47 Å². The van der Waals surface area contributed by atoms with Crippen molar-refractivity contribution in [1.29, 1.82) is 0 Å². The van der Waals surface area contributed by atoms with E-state index in [4.69, 9.17) is 0 Å². The van der Waals surface area contributed by atoms with Crippen LogP contribution in [0.3, 0.4) is 0 Å². The molecule has 0 aliphatic rings. The molecule has 11 heavy (non-hydrogen) atoms. The lowest BCUT2D eigenvalue weighted by molar-refractivity contribution is 0.198. The topological polar surface area (TPSA) is 26.3 Å². The Morgan fingerprint density at radius 2 is 2.00 bits per heavy atom. The normalized spacial score (nSPS) is 12.1. The molecule has 1 rings (SSSR count). The summed E-state index contributed by atoms with van der Waals surface area (Å²) >= 11 is 0. The third-order valence-corrected chi connectivity index (χ3v) is 1.49. The fourth-order valence-corrected chi connectivity index (χ4v) is 0.864. The van der Waals surface area contributed by atoms with Crippen molar-refractivity contribution in [3.05, 3.63) is 35.9 Å². The fourth-order valence-electron chi connectivity index (χ4n) is 0.864. The summed E-state index contributed by atoms with van der Waals surface area (Å²) in [6.45, 7) is 3.22. The summed E-state index contributed by atoms with van der Waals surface area (Å²) in [4.78, 5) is 9.84. The van der Waals surface area contributed by atoms with Gasteiger partial charge in [0.25, 0.3) is 0 Å². The summed E-state index contributed by atoms with van der Waals surface area (Å²) in [5, 5.41) is 0. The van der Waals surface area contributed by atoms with Crippen LogP contribution in [0.25, 0.3) is 0 Å². The Balaban J connectivity index is 2.68. The molecule has 2 nitrogen and oxygen atoms in total. The molecule has 1 radical (unpaired) electrons. The first kappa shape index (κ1) is 7.79. The van der Waals surface area contributed by atoms with E-state index in [-0.39, 0.29) is 6.10 Å². The maximum Gasteiger partial charge on any atom is 0.418 e. The Hall–Kier alpha value is -1.31. The van der Waals surface area contributed by atoms with Gasteiger partial charge in [-0.3, -0.25) is 0 Å². The van der Waals surface area contributed by atoms with Crippen LogP contribution in [0.5, 0.6) is 0 Å². The lowest BCUT2D eigenvalue weighted by Crippen LogP contribution is -1.96. The number of ether oxygens (including phenoxy) is 1. The highest BCUT2D eigenvalue weighted by Gasteiger charge is 2.02. The maximum atomic E-state index is 9.84. The van der Waals surface area contributed by atoms with Gasteiger partial charge in [0.1, 0.15) is 6.10 Å². The second-order valence-corrected chi connectivity index (χ2v) is 2.25. The summed E-state index contributed by atoms with van der Waals surface area (Å²) < 4.78 is 4.62. The first-order chi connectivity index (χ1) is 5.34. The lowest BCUT2D eigenvalue weighted by Gasteiger charge is -2.07. The first-order valence-corrected chi connectivity index (χ1v) is 3.42. The van der Waals surface area contributed by atoms with Crippen molar-refractivity contribution >= 4 is 6.47 Å². The molecule has 0 heterocycles. The van der Waals surface area contributed by atoms with Crippen LogP contribution >= 0.6 is 0 Å². The average molecular weight is 149 g/mol. The van der Waals surface area contributed by atoms with Gasteiger partial charge in [-0.1, -0.05) is 30.3 Å². The monoisotopic (exact) mass is 149 g/mol. The number of benzene rings is 1. The van der Waals surface area contributed by atoms with Crippen molar-refractivity contribution in [1.82, 2.24) is 0 Å². The molecule has 2 heteroatoms. The van der Waals surface area contributed by atoms with Crippen molar-refractivity contribution in [2.24, 2.45) is 0 Å². The van der Waals surface area contributed by atoms with E-state index < -0.39 is 0 Å². The van der Waals surface area contributed by atoms with E-state index in [9.17, 15) is 4.79 Å². The number of hydrogen-bond acceptors (Lipinski definition) is 2. The molecule has 1 aromatic rings. The molecule has 0 fully saturated rings. The Kier molecular flexibility index (Phi) is 2.66. The molecule has 1 aromatic carbocycles. The van der Waals surface area contributed by atoms with E-state index in [1.54, 1.807) is 6.92 Å². The molecule has 0 saturated carbocycles. The van der Waals surface area contributed by atoms with Crippen LogP contribution in [0.15, 0.2) is 30.3 Å². The van der Waals surface area contributed by atoms with Gasteiger partial charge < -0.3 is 4.74 Å². The maximum absolute atomic E-state index is 9.84. The second kappa shape index (κ2) is 3.76. The smallest absolute Gasteiger partial charge is 0.418 e. The molecule has 0 aromatic heterocycles. The summed E-state index contributed by atoms with van der Waals surface area (Å²) in [7, 11) is 0. The van der Waals surface area contributed by atoms with E-state index in [1.807, 2.05) is 30.3 Å². The van der Waals surface area contributed by atoms with Crippen molar-refractivity contribution in [3.63, 3.8) is 0 Å². The Labute approximate surface area is 65.8 Å². The zero-order valence-electron chi connectivity index (χ0n) is 6.28. The fraction of sp³-hybridized carbons (Fsp3) is 0.222. The van der Waals surface area contributed by atoms with Crippen molar-refractivity contribution in [2.45, 2.75) is 13.0 Å². The molecule has 0 aliphatic carbocycles. The molecular weight excluding hydrogens is 140 g/mol. The van der Waals surface area contributed by atoms with E-state index in [1.165, 1.54) is 6.47 Å². The molecule has 0 amide bonds. The van der Waals surface area contributed by atoms with Crippen molar-refractivity contribution in [3.8, 4) is 0 Å². The second-order valence-electron chi connectivity index (χ2n) is 2.25. The molecule has 1 atom stereocenters. The molecule has 0 spiro atoms. The van der Waals surface area contributed by atoms with Gasteiger partial charge in [-0.15, -0.1) is 0 Å². The third kappa shape index (κ3) is 2.08.